The first kappa shape index (κ1) is 21.4. The molecule has 0 amide bonds. The van der Waals surface area contributed by atoms with E-state index in [1.807, 2.05) is 49.9 Å². The molecule has 0 aliphatic carbocycles. The minimum atomic E-state index is 0.0269. The van der Waals surface area contributed by atoms with Crippen LogP contribution in [-0.2, 0) is 17.7 Å². The van der Waals surface area contributed by atoms with Gasteiger partial charge in [0.05, 0.1) is 18.7 Å². The highest BCUT2D eigenvalue weighted by atomic mass is 16.5. The van der Waals surface area contributed by atoms with Gasteiger partial charge in [-0.2, -0.15) is 5.10 Å². The van der Waals surface area contributed by atoms with E-state index >= 15 is 0 Å². The molecule has 7 heteroatoms. The molecule has 168 valence electrons. The number of Topliss-reactive ketones (excluding diaryl/α,β-unsaturated/α-hetero) is 1. The number of aromatic nitrogens is 4. The average molecular weight is 442 g/mol. The second kappa shape index (κ2) is 9.60. The van der Waals surface area contributed by atoms with E-state index in [0.29, 0.717) is 18.5 Å². The Hall–Kier alpha value is -3.42. The zero-order valence-corrected chi connectivity index (χ0v) is 18.8. The van der Waals surface area contributed by atoms with Crippen molar-refractivity contribution < 1.29 is 9.53 Å². The van der Waals surface area contributed by atoms with Gasteiger partial charge >= 0.3 is 0 Å². The van der Waals surface area contributed by atoms with Crippen LogP contribution in [0.5, 0.6) is 0 Å². The Morgan fingerprint density at radius 1 is 1.00 bits per heavy atom. The molecule has 1 aliphatic rings. The Kier molecular flexibility index (Phi) is 6.24. The van der Waals surface area contributed by atoms with Crippen LogP contribution in [0.2, 0.25) is 0 Å². The van der Waals surface area contributed by atoms with Crippen LogP contribution in [0.3, 0.4) is 0 Å². The maximum absolute atomic E-state index is 13.0. The van der Waals surface area contributed by atoms with E-state index in [1.165, 1.54) is 5.56 Å². The quantitative estimate of drug-likeness (QED) is 0.437. The number of ether oxygens (including phenoxy) is 1. The number of benzene rings is 1. The summed E-state index contributed by atoms with van der Waals surface area (Å²) in [5.74, 6) is 0.0269. The minimum Gasteiger partial charge on any atom is -0.379 e. The van der Waals surface area contributed by atoms with Crippen LogP contribution in [-0.4, -0.2) is 57.2 Å². The fourth-order valence-corrected chi connectivity index (χ4v) is 4.29. The Labute approximate surface area is 192 Å². The van der Waals surface area contributed by atoms with Crippen LogP contribution < -0.4 is 0 Å². The number of pyridine rings is 2. The number of nitrogens with zero attached hydrogens (tertiary/aromatic N) is 4. The number of aryl methyl sites for hydroxylation is 2. The molecule has 4 heterocycles. The molecule has 1 aromatic carbocycles. The molecule has 5 rings (SSSR count). The van der Waals surface area contributed by atoms with Crippen molar-refractivity contribution in [2.45, 2.75) is 26.3 Å². The number of carbonyl (C=O) groups is 1. The fraction of sp³-hybridized carbons (Fsp3) is 0.308. The molecule has 1 aliphatic heterocycles. The van der Waals surface area contributed by atoms with E-state index in [4.69, 9.17) is 4.74 Å². The molecule has 4 aromatic rings. The van der Waals surface area contributed by atoms with Gasteiger partial charge in [-0.15, -0.1) is 0 Å². The number of morpholine rings is 1. The molecule has 0 radical (unpaired) electrons. The number of carbonyl (C=O) groups excluding carboxylic acids is 1. The van der Waals surface area contributed by atoms with Gasteiger partial charge in [0.25, 0.3) is 0 Å². The van der Waals surface area contributed by atoms with Gasteiger partial charge in [-0.25, -0.2) is 0 Å². The van der Waals surface area contributed by atoms with E-state index in [1.54, 1.807) is 0 Å². The lowest BCUT2D eigenvalue weighted by Gasteiger charge is -2.26. The Morgan fingerprint density at radius 2 is 1.82 bits per heavy atom. The van der Waals surface area contributed by atoms with Gasteiger partial charge in [0.15, 0.2) is 5.78 Å². The van der Waals surface area contributed by atoms with Crippen molar-refractivity contribution in [3.63, 3.8) is 0 Å². The number of fused-ring (bicyclic) bond motifs is 1. The molecule has 0 unspecified atom stereocenters. The van der Waals surface area contributed by atoms with Gasteiger partial charge in [-0.1, -0.05) is 12.1 Å². The molecule has 1 saturated heterocycles. The second-order valence-electron chi connectivity index (χ2n) is 8.60. The maximum Gasteiger partial charge on any atom is 0.184 e. The van der Waals surface area contributed by atoms with Crippen LogP contribution in [0.1, 0.15) is 33.6 Å². The van der Waals surface area contributed by atoms with E-state index in [0.717, 1.165) is 66.0 Å². The average Bonchev–Trinajstić information content (AvgIpc) is 3.27. The van der Waals surface area contributed by atoms with Crippen molar-refractivity contribution in [2.24, 2.45) is 0 Å². The smallest absolute Gasteiger partial charge is 0.184 e. The molecular formula is C26H27N5O2. The molecule has 3 aromatic heterocycles. The van der Waals surface area contributed by atoms with Gasteiger partial charge in [-0.3, -0.25) is 24.8 Å². The molecule has 1 fully saturated rings. The standard InChI is InChI=1S/C26H27N5O2/c1-18-10-19(14-27-13-18)2-5-25(32)26-23-12-21(3-4-24(23)29-30-26)22-11-20(15-28-16-22)17-31-6-8-33-9-7-31/h3-4,10-16H,2,5-9,17H2,1H3,(H,29,30). The Bertz CT molecular complexity index is 1280. The minimum absolute atomic E-state index is 0.0269. The third-order valence-electron chi connectivity index (χ3n) is 6.04. The lowest BCUT2D eigenvalue weighted by atomic mass is 10.0. The van der Waals surface area contributed by atoms with Crippen molar-refractivity contribution in [1.29, 1.82) is 0 Å². The van der Waals surface area contributed by atoms with Crippen LogP contribution in [0, 0.1) is 6.92 Å². The molecule has 33 heavy (non-hydrogen) atoms. The normalized spacial score (nSPS) is 14.6. The van der Waals surface area contributed by atoms with Crippen molar-refractivity contribution >= 4 is 16.7 Å². The number of H-pyrrole nitrogens is 1. The molecule has 1 N–H and O–H groups in total. The first-order valence-electron chi connectivity index (χ1n) is 11.3. The van der Waals surface area contributed by atoms with Crippen molar-refractivity contribution in [1.82, 2.24) is 25.1 Å². The van der Waals surface area contributed by atoms with E-state index in [9.17, 15) is 4.79 Å². The summed E-state index contributed by atoms with van der Waals surface area (Å²) in [6.07, 6.45) is 8.47. The van der Waals surface area contributed by atoms with Gasteiger partial charge in [-0.05, 0) is 53.8 Å². The van der Waals surface area contributed by atoms with Gasteiger partial charge in [0.1, 0.15) is 5.69 Å². The van der Waals surface area contributed by atoms with Crippen molar-refractivity contribution in [2.75, 3.05) is 26.3 Å². The summed E-state index contributed by atoms with van der Waals surface area (Å²) in [6.45, 7) is 6.30. The Morgan fingerprint density at radius 3 is 2.67 bits per heavy atom. The van der Waals surface area contributed by atoms with E-state index < -0.39 is 0 Å². The number of aromatic amines is 1. The van der Waals surface area contributed by atoms with Gasteiger partial charge in [0.2, 0.25) is 0 Å². The molecule has 7 nitrogen and oxygen atoms in total. The number of nitrogens with one attached hydrogen (secondary N) is 1. The number of hydrogen-bond acceptors (Lipinski definition) is 6. The SMILES string of the molecule is Cc1cncc(CCC(=O)c2n[nH]c3ccc(-c4cncc(CN5CCOCC5)c4)cc23)c1. The topological polar surface area (TPSA) is 84.0 Å². The summed E-state index contributed by atoms with van der Waals surface area (Å²) in [7, 11) is 0. The first-order chi connectivity index (χ1) is 16.2. The Balaban J connectivity index is 1.35. The highest BCUT2D eigenvalue weighted by Crippen LogP contribution is 2.27. The molecule has 0 spiro atoms. The van der Waals surface area contributed by atoms with Crippen LogP contribution in [0.4, 0.5) is 0 Å². The van der Waals surface area contributed by atoms with Crippen LogP contribution in [0.25, 0.3) is 22.0 Å². The number of rotatable bonds is 7. The summed E-state index contributed by atoms with van der Waals surface area (Å²) >= 11 is 0. The summed E-state index contributed by atoms with van der Waals surface area (Å²) in [5, 5.41) is 8.18. The molecular weight excluding hydrogens is 414 g/mol. The summed E-state index contributed by atoms with van der Waals surface area (Å²) in [6, 6.07) is 10.3. The van der Waals surface area contributed by atoms with Crippen LogP contribution in [0.15, 0.2) is 55.1 Å². The van der Waals surface area contributed by atoms with Crippen LogP contribution >= 0.6 is 0 Å². The third kappa shape index (κ3) is 4.99. The zero-order valence-electron chi connectivity index (χ0n) is 18.8. The molecule has 0 bridgehead atoms. The maximum atomic E-state index is 13.0. The highest BCUT2D eigenvalue weighted by Gasteiger charge is 2.16. The summed E-state index contributed by atoms with van der Waals surface area (Å²) in [5.41, 5.74) is 6.74. The van der Waals surface area contributed by atoms with Crippen molar-refractivity contribution in [3.05, 3.63) is 77.5 Å². The zero-order chi connectivity index (χ0) is 22.6. The number of ketones is 1. The molecule has 0 atom stereocenters. The lowest BCUT2D eigenvalue weighted by molar-refractivity contribution is 0.0341. The first-order valence-corrected chi connectivity index (χ1v) is 11.3. The third-order valence-corrected chi connectivity index (χ3v) is 6.04. The van der Waals surface area contributed by atoms with Gasteiger partial charge in [0, 0.05) is 61.8 Å². The largest absolute Gasteiger partial charge is 0.379 e. The summed E-state index contributed by atoms with van der Waals surface area (Å²) in [4.78, 5) is 24.0. The predicted molar refractivity (Wildman–Crippen MR) is 127 cm³/mol. The number of hydrogen-bond donors (Lipinski definition) is 1. The predicted octanol–water partition coefficient (Wildman–Crippen LogP) is 3.98. The summed E-state index contributed by atoms with van der Waals surface area (Å²) < 4.78 is 5.44. The lowest BCUT2D eigenvalue weighted by Crippen LogP contribution is -2.35. The van der Waals surface area contributed by atoms with E-state index in [2.05, 4.69) is 37.2 Å². The fourth-order valence-electron chi connectivity index (χ4n) is 4.29. The highest BCUT2D eigenvalue weighted by molar-refractivity contribution is 6.06. The van der Waals surface area contributed by atoms with Gasteiger partial charge < -0.3 is 4.74 Å². The van der Waals surface area contributed by atoms with Crippen molar-refractivity contribution in [3.8, 4) is 11.1 Å². The monoisotopic (exact) mass is 441 g/mol. The molecule has 0 saturated carbocycles. The second-order valence-corrected chi connectivity index (χ2v) is 8.60. The van der Waals surface area contributed by atoms with E-state index in [-0.39, 0.29) is 5.78 Å².